The largest absolute Gasteiger partial charge is 0.493 e. The Bertz CT molecular complexity index is 367. The van der Waals surface area contributed by atoms with Crippen molar-refractivity contribution in [2.75, 3.05) is 6.61 Å². The van der Waals surface area contributed by atoms with E-state index in [-0.39, 0.29) is 18.6 Å². The molecule has 0 saturated heterocycles. The minimum absolute atomic E-state index is 0.0516. The number of nitrogens with zero attached hydrogens (tertiary/aromatic N) is 1. The zero-order valence-corrected chi connectivity index (χ0v) is 8.83. The summed E-state index contributed by atoms with van der Waals surface area (Å²) in [6, 6.07) is 8.70. The average Bonchev–Trinajstić information content (AvgIpc) is 2.21. The number of hydrogen-bond donors (Lipinski definition) is 0. The third-order valence-electron chi connectivity index (χ3n) is 1.74. The van der Waals surface area contributed by atoms with Crippen molar-refractivity contribution in [3.05, 3.63) is 29.3 Å². The normalized spacial score (nSPS) is 9.33. The number of benzene rings is 1. The van der Waals surface area contributed by atoms with Crippen LogP contribution in [-0.4, -0.2) is 12.4 Å². The summed E-state index contributed by atoms with van der Waals surface area (Å²) in [5.41, 5.74) is 0. The van der Waals surface area contributed by atoms with Crippen LogP contribution >= 0.6 is 11.6 Å². The maximum Gasteiger partial charge on any atom is 0.150 e. The molecule has 0 fully saturated rings. The lowest BCUT2D eigenvalue weighted by Crippen LogP contribution is -2.05. The predicted molar refractivity (Wildman–Crippen MR) is 56.8 cm³/mol. The van der Waals surface area contributed by atoms with E-state index in [1.54, 1.807) is 30.3 Å². The molecule has 0 heterocycles. The molecule has 1 rings (SSSR count). The second-order valence-corrected chi connectivity index (χ2v) is 3.36. The number of ether oxygens (including phenoxy) is 1. The molecule has 0 aliphatic heterocycles. The summed E-state index contributed by atoms with van der Waals surface area (Å²) in [7, 11) is 0. The van der Waals surface area contributed by atoms with Crippen molar-refractivity contribution in [2.24, 2.45) is 0 Å². The van der Waals surface area contributed by atoms with Crippen LogP contribution < -0.4 is 4.74 Å². The van der Waals surface area contributed by atoms with Gasteiger partial charge in [0.05, 0.1) is 19.1 Å². The van der Waals surface area contributed by atoms with Crippen molar-refractivity contribution in [3.8, 4) is 11.8 Å². The Hall–Kier alpha value is -1.53. The first-order chi connectivity index (χ1) is 7.22. The summed E-state index contributed by atoms with van der Waals surface area (Å²) in [4.78, 5) is 11.0. The van der Waals surface area contributed by atoms with E-state index in [1.165, 1.54) is 0 Å². The van der Waals surface area contributed by atoms with Gasteiger partial charge in [-0.3, -0.25) is 4.79 Å². The number of carbonyl (C=O) groups excluding carboxylic acids is 1. The number of Topliss-reactive ketones (excluding diaryl/α,β-unsaturated/α-hetero) is 1. The van der Waals surface area contributed by atoms with Gasteiger partial charge in [-0.15, -0.1) is 0 Å². The number of rotatable bonds is 5. The van der Waals surface area contributed by atoms with Crippen LogP contribution in [0.1, 0.15) is 12.8 Å². The van der Waals surface area contributed by atoms with Crippen LogP contribution in [0.4, 0.5) is 0 Å². The SMILES string of the molecule is N#CCC(=O)CCOc1ccc(Cl)cc1. The van der Waals surface area contributed by atoms with Crippen LogP contribution in [0.2, 0.25) is 5.02 Å². The lowest BCUT2D eigenvalue weighted by molar-refractivity contribution is -0.118. The lowest BCUT2D eigenvalue weighted by Gasteiger charge is -2.04. The molecule has 0 aromatic heterocycles. The fourth-order valence-corrected chi connectivity index (χ4v) is 1.12. The van der Waals surface area contributed by atoms with Gasteiger partial charge in [0, 0.05) is 11.4 Å². The smallest absolute Gasteiger partial charge is 0.150 e. The van der Waals surface area contributed by atoms with Gasteiger partial charge in [0.25, 0.3) is 0 Å². The van der Waals surface area contributed by atoms with E-state index >= 15 is 0 Å². The summed E-state index contributed by atoms with van der Waals surface area (Å²) < 4.78 is 5.29. The highest BCUT2D eigenvalue weighted by atomic mass is 35.5. The molecule has 0 spiro atoms. The predicted octanol–water partition coefficient (Wildman–Crippen LogP) is 2.59. The van der Waals surface area contributed by atoms with Crippen LogP contribution in [0, 0.1) is 11.3 Å². The molecule has 0 saturated carbocycles. The van der Waals surface area contributed by atoms with Gasteiger partial charge in [-0.1, -0.05) is 11.6 Å². The fourth-order valence-electron chi connectivity index (χ4n) is 0.990. The summed E-state index contributed by atoms with van der Waals surface area (Å²) in [6.45, 7) is 0.294. The first-order valence-corrected chi connectivity index (χ1v) is 4.87. The topological polar surface area (TPSA) is 50.1 Å². The highest BCUT2D eigenvalue weighted by molar-refractivity contribution is 6.30. The molecule has 4 heteroatoms. The van der Waals surface area contributed by atoms with Gasteiger partial charge in [0.15, 0.2) is 0 Å². The number of ketones is 1. The highest BCUT2D eigenvalue weighted by Gasteiger charge is 2.01. The first-order valence-electron chi connectivity index (χ1n) is 4.49. The number of halogens is 1. The molecule has 0 aliphatic carbocycles. The van der Waals surface area contributed by atoms with Crippen LogP contribution in [0.3, 0.4) is 0 Å². The molecule has 0 amide bonds. The molecule has 0 unspecified atom stereocenters. The first kappa shape index (κ1) is 11.5. The lowest BCUT2D eigenvalue weighted by atomic mass is 10.2. The summed E-state index contributed by atoms with van der Waals surface area (Å²) in [6.07, 6.45) is 0.208. The molecule has 0 radical (unpaired) electrons. The molecule has 0 N–H and O–H groups in total. The third kappa shape index (κ3) is 4.48. The minimum Gasteiger partial charge on any atom is -0.493 e. The Kier molecular flexibility index (Phi) is 4.65. The van der Waals surface area contributed by atoms with Crippen LogP contribution in [0.5, 0.6) is 5.75 Å². The maximum atomic E-state index is 11.0. The Morgan fingerprint density at radius 2 is 2.07 bits per heavy atom. The van der Waals surface area contributed by atoms with E-state index in [1.807, 2.05) is 0 Å². The molecule has 0 atom stereocenters. The summed E-state index contributed by atoms with van der Waals surface area (Å²) in [5, 5.41) is 8.90. The third-order valence-corrected chi connectivity index (χ3v) is 1.99. The van der Waals surface area contributed by atoms with E-state index in [0.717, 1.165) is 0 Å². The Balaban J connectivity index is 2.29. The van der Waals surface area contributed by atoms with Crippen molar-refractivity contribution in [1.29, 1.82) is 5.26 Å². The Morgan fingerprint density at radius 3 is 2.67 bits per heavy atom. The van der Waals surface area contributed by atoms with Gasteiger partial charge in [-0.05, 0) is 24.3 Å². The van der Waals surface area contributed by atoms with Gasteiger partial charge in [-0.2, -0.15) is 5.26 Å². The van der Waals surface area contributed by atoms with E-state index in [9.17, 15) is 4.79 Å². The van der Waals surface area contributed by atoms with Crippen molar-refractivity contribution in [1.82, 2.24) is 0 Å². The van der Waals surface area contributed by atoms with Gasteiger partial charge in [0.1, 0.15) is 11.5 Å². The minimum atomic E-state index is -0.105. The molecule has 1 aromatic rings. The van der Waals surface area contributed by atoms with Crippen molar-refractivity contribution < 1.29 is 9.53 Å². The van der Waals surface area contributed by atoms with E-state index < -0.39 is 0 Å². The van der Waals surface area contributed by atoms with Crippen molar-refractivity contribution >= 4 is 17.4 Å². The van der Waals surface area contributed by atoms with E-state index in [2.05, 4.69) is 0 Å². The number of carbonyl (C=O) groups is 1. The van der Waals surface area contributed by atoms with Crippen LogP contribution in [-0.2, 0) is 4.79 Å². The zero-order valence-electron chi connectivity index (χ0n) is 8.07. The second kappa shape index (κ2) is 6.05. The van der Waals surface area contributed by atoms with Crippen LogP contribution in [0.25, 0.3) is 0 Å². The molecule has 0 aliphatic rings. The van der Waals surface area contributed by atoms with E-state index in [0.29, 0.717) is 17.4 Å². The monoisotopic (exact) mass is 223 g/mol. The molecule has 0 bridgehead atoms. The van der Waals surface area contributed by atoms with Gasteiger partial charge in [-0.25, -0.2) is 0 Å². The molecule has 1 aromatic carbocycles. The highest BCUT2D eigenvalue weighted by Crippen LogP contribution is 2.15. The average molecular weight is 224 g/mol. The van der Waals surface area contributed by atoms with Crippen molar-refractivity contribution in [2.45, 2.75) is 12.8 Å². The quantitative estimate of drug-likeness (QED) is 0.771. The number of hydrogen-bond acceptors (Lipinski definition) is 3. The van der Waals surface area contributed by atoms with Crippen LogP contribution in [0.15, 0.2) is 24.3 Å². The van der Waals surface area contributed by atoms with Gasteiger partial charge in [0.2, 0.25) is 0 Å². The van der Waals surface area contributed by atoms with Gasteiger partial charge >= 0.3 is 0 Å². The molecule has 3 nitrogen and oxygen atoms in total. The summed E-state index contributed by atoms with van der Waals surface area (Å²) in [5.74, 6) is 0.565. The molecule has 15 heavy (non-hydrogen) atoms. The summed E-state index contributed by atoms with van der Waals surface area (Å²) >= 11 is 5.69. The van der Waals surface area contributed by atoms with E-state index in [4.69, 9.17) is 21.6 Å². The maximum absolute atomic E-state index is 11.0. The molecule has 78 valence electrons. The standard InChI is InChI=1S/C11H10ClNO2/c12-9-1-3-11(4-2-9)15-8-6-10(14)5-7-13/h1-4H,5-6,8H2. The van der Waals surface area contributed by atoms with Crippen molar-refractivity contribution in [3.63, 3.8) is 0 Å². The molecular formula is C11H10ClNO2. The second-order valence-electron chi connectivity index (χ2n) is 2.93. The number of nitriles is 1. The molecular weight excluding hydrogens is 214 g/mol. The zero-order chi connectivity index (χ0) is 11.1. The Morgan fingerprint density at radius 1 is 1.40 bits per heavy atom. The Labute approximate surface area is 93.2 Å². The van der Waals surface area contributed by atoms with Gasteiger partial charge < -0.3 is 4.74 Å². The fraction of sp³-hybridized carbons (Fsp3) is 0.273.